The molecule has 2 aromatic rings. The maximum Gasteiger partial charge on any atom is 0.409 e. The van der Waals surface area contributed by atoms with Crippen LogP contribution in [0.1, 0.15) is 26.3 Å². The fourth-order valence-corrected chi connectivity index (χ4v) is 2.18. The number of benzene rings is 2. The quantitative estimate of drug-likeness (QED) is 0.845. The monoisotopic (exact) mass is 313 g/mol. The number of hydrogen-bond acceptors (Lipinski definition) is 3. The highest BCUT2D eigenvalue weighted by atomic mass is 16.6. The summed E-state index contributed by atoms with van der Waals surface area (Å²) in [5.74, 6) is 0. The van der Waals surface area contributed by atoms with Gasteiger partial charge in [0, 0.05) is 6.42 Å². The van der Waals surface area contributed by atoms with E-state index in [4.69, 9.17) is 4.74 Å². The summed E-state index contributed by atoms with van der Waals surface area (Å²) < 4.78 is 5.11. The number of aliphatic hydroxyl groups is 1. The number of rotatable bonds is 4. The molecule has 2 N–H and O–H groups in total. The van der Waals surface area contributed by atoms with Gasteiger partial charge in [0.2, 0.25) is 0 Å². The van der Waals surface area contributed by atoms with Gasteiger partial charge in [-0.3, -0.25) is 5.32 Å². The Morgan fingerprint density at radius 1 is 1.04 bits per heavy atom. The summed E-state index contributed by atoms with van der Waals surface area (Å²) in [5, 5.41) is 12.4. The summed E-state index contributed by atoms with van der Waals surface area (Å²) in [6.07, 6.45) is -1.27. The lowest BCUT2D eigenvalue weighted by molar-refractivity contribution is 0.0360. The molecule has 0 heterocycles. The zero-order valence-corrected chi connectivity index (χ0v) is 13.7. The number of ether oxygens (including phenoxy) is 1. The summed E-state index contributed by atoms with van der Waals surface area (Å²) in [4.78, 5) is 11.6. The van der Waals surface area contributed by atoms with Crippen LogP contribution >= 0.6 is 0 Å². The lowest BCUT2D eigenvalue weighted by atomic mass is 10.0. The second-order valence-electron chi connectivity index (χ2n) is 6.43. The van der Waals surface area contributed by atoms with Crippen molar-refractivity contribution < 1.29 is 14.6 Å². The molecule has 122 valence electrons. The first-order valence-electron chi connectivity index (χ1n) is 7.65. The smallest absolute Gasteiger partial charge is 0.409 e. The zero-order valence-electron chi connectivity index (χ0n) is 13.7. The average molecular weight is 313 g/mol. The van der Waals surface area contributed by atoms with Crippen LogP contribution in [0.5, 0.6) is 0 Å². The third-order valence-corrected chi connectivity index (χ3v) is 3.17. The number of nitrogens with one attached hydrogen (secondary N) is 1. The Bertz CT molecular complexity index is 630. The molecule has 2 rings (SSSR count). The van der Waals surface area contributed by atoms with Crippen LogP contribution in [0.25, 0.3) is 11.1 Å². The summed E-state index contributed by atoms with van der Waals surface area (Å²) in [6, 6.07) is 18.0. The van der Waals surface area contributed by atoms with Gasteiger partial charge in [-0.1, -0.05) is 54.6 Å². The third-order valence-electron chi connectivity index (χ3n) is 3.17. The Hall–Kier alpha value is -2.33. The molecule has 23 heavy (non-hydrogen) atoms. The van der Waals surface area contributed by atoms with Gasteiger partial charge in [-0.25, -0.2) is 4.79 Å². The summed E-state index contributed by atoms with van der Waals surface area (Å²) in [7, 11) is 0. The number of hydrogen-bond donors (Lipinski definition) is 2. The number of carbonyl (C=O) groups excluding carboxylic acids is 1. The lowest BCUT2D eigenvalue weighted by Crippen LogP contribution is -2.40. The van der Waals surface area contributed by atoms with E-state index in [1.54, 1.807) is 20.8 Å². The van der Waals surface area contributed by atoms with Crippen LogP contribution in [-0.4, -0.2) is 23.0 Å². The Kier molecular flexibility index (Phi) is 5.40. The van der Waals surface area contributed by atoms with E-state index in [1.165, 1.54) is 0 Å². The van der Waals surface area contributed by atoms with Crippen LogP contribution in [0.15, 0.2) is 54.6 Å². The van der Waals surface area contributed by atoms with Crippen LogP contribution in [0.2, 0.25) is 0 Å². The van der Waals surface area contributed by atoms with Crippen molar-refractivity contribution >= 4 is 6.09 Å². The molecule has 4 nitrogen and oxygen atoms in total. The fraction of sp³-hybridized carbons (Fsp3) is 0.316. The van der Waals surface area contributed by atoms with Gasteiger partial charge >= 0.3 is 6.09 Å². The van der Waals surface area contributed by atoms with Crippen molar-refractivity contribution in [1.82, 2.24) is 5.32 Å². The Morgan fingerprint density at radius 3 is 2.17 bits per heavy atom. The van der Waals surface area contributed by atoms with Crippen molar-refractivity contribution in [2.24, 2.45) is 0 Å². The molecule has 0 saturated heterocycles. The van der Waals surface area contributed by atoms with E-state index < -0.39 is 17.9 Å². The molecule has 0 fully saturated rings. The van der Waals surface area contributed by atoms with Crippen molar-refractivity contribution in [1.29, 1.82) is 0 Å². The highest BCUT2D eigenvalue weighted by Gasteiger charge is 2.18. The second-order valence-corrected chi connectivity index (χ2v) is 6.43. The molecule has 0 bridgehead atoms. The molecule has 1 amide bonds. The Morgan fingerprint density at radius 2 is 1.61 bits per heavy atom. The first-order valence-corrected chi connectivity index (χ1v) is 7.65. The molecule has 4 heteroatoms. The first kappa shape index (κ1) is 17.0. The first-order chi connectivity index (χ1) is 10.8. The van der Waals surface area contributed by atoms with Gasteiger partial charge in [-0.15, -0.1) is 0 Å². The van der Waals surface area contributed by atoms with Gasteiger partial charge in [0.1, 0.15) is 11.8 Å². The summed E-state index contributed by atoms with van der Waals surface area (Å²) in [5.41, 5.74) is 2.62. The highest BCUT2D eigenvalue weighted by molar-refractivity contribution is 5.68. The number of alkyl carbamates (subject to hydrolysis) is 1. The number of carbonyl (C=O) groups is 1. The molecule has 0 unspecified atom stereocenters. The molecule has 0 aromatic heterocycles. The minimum Gasteiger partial charge on any atom is -0.444 e. The van der Waals surface area contributed by atoms with E-state index in [0.29, 0.717) is 6.42 Å². The SMILES string of the molecule is CC(C)(C)OC(=O)N[C@H](O)Cc1ccc(-c2ccccc2)cc1. The standard InChI is InChI=1S/C19H23NO3/c1-19(2,3)23-18(22)20-17(21)13-14-9-11-16(12-10-14)15-7-5-4-6-8-15/h4-12,17,21H,13H2,1-3H3,(H,20,22)/t17-/m1/s1. The summed E-state index contributed by atoms with van der Waals surface area (Å²) >= 11 is 0. The largest absolute Gasteiger partial charge is 0.444 e. The lowest BCUT2D eigenvalue weighted by Gasteiger charge is -2.21. The van der Waals surface area contributed by atoms with E-state index in [-0.39, 0.29) is 0 Å². The van der Waals surface area contributed by atoms with E-state index in [2.05, 4.69) is 5.32 Å². The van der Waals surface area contributed by atoms with E-state index in [0.717, 1.165) is 16.7 Å². The zero-order chi connectivity index (χ0) is 16.9. The van der Waals surface area contributed by atoms with Crippen molar-refractivity contribution in [3.63, 3.8) is 0 Å². The Balaban J connectivity index is 1.92. The molecule has 0 spiro atoms. The van der Waals surface area contributed by atoms with Crippen LogP contribution < -0.4 is 5.32 Å². The van der Waals surface area contributed by atoms with Crippen LogP contribution in [0.3, 0.4) is 0 Å². The van der Waals surface area contributed by atoms with E-state index in [1.807, 2.05) is 54.6 Å². The van der Waals surface area contributed by atoms with Crippen LogP contribution in [0, 0.1) is 0 Å². The Labute approximate surface area is 137 Å². The molecule has 0 aliphatic rings. The van der Waals surface area contributed by atoms with E-state index in [9.17, 15) is 9.90 Å². The van der Waals surface area contributed by atoms with Crippen molar-refractivity contribution in [2.45, 2.75) is 39.0 Å². The minimum atomic E-state index is -0.979. The van der Waals surface area contributed by atoms with E-state index >= 15 is 0 Å². The topological polar surface area (TPSA) is 58.6 Å². The maximum absolute atomic E-state index is 11.6. The third kappa shape index (κ3) is 5.75. The normalized spacial score (nSPS) is 12.5. The molecular weight excluding hydrogens is 290 g/mol. The molecule has 0 saturated carbocycles. The van der Waals surface area contributed by atoms with Gasteiger partial charge in [0.05, 0.1) is 0 Å². The van der Waals surface area contributed by atoms with Crippen LogP contribution in [-0.2, 0) is 11.2 Å². The van der Waals surface area contributed by atoms with Crippen LogP contribution in [0.4, 0.5) is 4.79 Å². The molecule has 2 aromatic carbocycles. The molecular formula is C19H23NO3. The molecule has 1 atom stereocenters. The second kappa shape index (κ2) is 7.29. The molecule has 0 aliphatic carbocycles. The maximum atomic E-state index is 11.6. The van der Waals surface area contributed by atoms with Gasteiger partial charge < -0.3 is 9.84 Å². The van der Waals surface area contributed by atoms with Crippen molar-refractivity contribution in [3.8, 4) is 11.1 Å². The number of aliphatic hydroxyl groups excluding tert-OH is 1. The van der Waals surface area contributed by atoms with Gasteiger partial charge in [0.25, 0.3) is 0 Å². The molecule has 0 aliphatic heterocycles. The minimum absolute atomic E-state index is 0.328. The van der Waals surface area contributed by atoms with Crippen molar-refractivity contribution in [3.05, 3.63) is 60.2 Å². The van der Waals surface area contributed by atoms with Gasteiger partial charge in [-0.05, 0) is 37.5 Å². The fourth-order valence-electron chi connectivity index (χ4n) is 2.18. The summed E-state index contributed by atoms with van der Waals surface area (Å²) in [6.45, 7) is 5.34. The van der Waals surface area contributed by atoms with Gasteiger partial charge in [0.15, 0.2) is 0 Å². The van der Waals surface area contributed by atoms with Gasteiger partial charge in [-0.2, -0.15) is 0 Å². The predicted molar refractivity (Wildman–Crippen MR) is 91.0 cm³/mol. The molecule has 0 radical (unpaired) electrons. The van der Waals surface area contributed by atoms with Crippen molar-refractivity contribution in [2.75, 3.05) is 0 Å². The average Bonchev–Trinajstić information content (AvgIpc) is 2.46. The number of amides is 1. The highest BCUT2D eigenvalue weighted by Crippen LogP contribution is 2.19. The predicted octanol–water partition coefficient (Wildman–Crippen LogP) is 3.74.